The quantitative estimate of drug-likeness (QED) is 0.166. The maximum Gasteiger partial charge on any atom is 0.136 e. The lowest BCUT2D eigenvalue weighted by Gasteiger charge is -2.29. The average molecular weight is 690 g/mol. The summed E-state index contributed by atoms with van der Waals surface area (Å²) in [7, 11) is 0. The summed E-state index contributed by atoms with van der Waals surface area (Å²) in [5, 5.41) is 4.64. The zero-order chi connectivity index (χ0) is 35.8. The standard InChI is InChI=1S/C52H35NO/c1-3-14-36(15-4-1)38-26-30-42(31-27-38)53(43-32-28-39(29-33-43)37-16-5-2-6-17-37)49-24-12-11-22-46(49)44-20-9-10-21-45(44)47-23-13-25-50-52(47)48-34-40-18-7-8-19-41(40)35-51(48)54-50/h1-35H. The first-order valence-electron chi connectivity index (χ1n) is 18.4. The van der Waals surface area contributed by atoms with Gasteiger partial charge in [0.2, 0.25) is 0 Å². The highest BCUT2D eigenvalue weighted by atomic mass is 16.3. The molecule has 0 saturated heterocycles. The van der Waals surface area contributed by atoms with Gasteiger partial charge in [-0.3, -0.25) is 0 Å². The van der Waals surface area contributed by atoms with Crippen LogP contribution in [0.3, 0.4) is 0 Å². The van der Waals surface area contributed by atoms with E-state index in [1.54, 1.807) is 0 Å². The van der Waals surface area contributed by atoms with Crippen LogP contribution in [0.1, 0.15) is 0 Å². The molecule has 0 atom stereocenters. The van der Waals surface area contributed by atoms with Gasteiger partial charge in [0.1, 0.15) is 11.2 Å². The van der Waals surface area contributed by atoms with E-state index < -0.39 is 0 Å². The zero-order valence-corrected chi connectivity index (χ0v) is 29.6. The molecule has 1 aromatic heterocycles. The van der Waals surface area contributed by atoms with Gasteiger partial charge in [-0.15, -0.1) is 0 Å². The molecule has 0 unspecified atom stereocenters. The molecule has 0 spiro atoms. The van der Waals surface area contributed by atoms with E-state index in [2.05, 4.69) is 217 Å². The second-order valence-electron chi connectivity index (χ2n) is 13.7. The number of rotatable bonds is 7. The van der Waals surface area contributed by atoms with Crippen molar-refractivity contribution in [1.29, 1.82) is 0 Å². The Kier molecular flexibility index (Phi) is 7.85. The maximum atomic E-state index is 6.52. The molecule has 0 aliphatic heterocycles. The smallest absolute Gasteiger partial charge is 0.136 e. The van der Waals surface area contributed by atoms with Gasteiger partial charge in [-0.2, -0.15) is 0 Å². The lowest BCUT2D eigenvalue weighted by Crippen LogP contribution is -2.11. The lowest BCUT2D eigenvalue weighted by molar-refractivity contribution is 0.669. The third kappa shape index (κ3) is 5.62. The van der Waals surface area contributed by atoms with Gasteiger partial charge in [-0.05, 0) is 98.2 Å². The van der Waals surface area contributed by atoms with Crippen LogP contribution in [0.25, 0.3) is 77.2 Å². The summed E-state index contributed by atoms with van der Waals surface area (Å²) in [5.74, 6) is 0. The van der Waals surface area contributed by atoms with Gasteiger partial charge in [0.05, 0.1) is 5.69 Å². The molecule has 0 aliphatic rings. The summed E-state index contributed by atoms with van der Waals surface area (Å²) in [6.07, 6.45) is 0. The molecule has 0 aliphatic carbocycles. The van der Waals surface area contributed by atoms with E-state index >= 15 is 0 Å². The molecule has 0 saturated carbocycles. The highest BCUT2D eigenvalue weighted by Gasteiger charge is 2.21. The summed E-state index contributed by atoms with van der Waals surface area (Å²) >= 11 is 0. The summed E-state index contributed by atoms with van der Waals surface area (Å²) < 4.78 is 6.52. The summed E-state index contributed by atoms with van der Waals surface area (Å²) in [6, 6.07) is 75.9. The van der Waals surface area contributed by atoms with E-state index in [1.165, 1.54) is 33.0 Å². The maximum absolute atomic E-state index is 6.52. The first-order chi connectivity index (χ1) is 26.8. The van der Waals surface area contributed by atoms with Gasteiger partial charge in [-0.25, -0.2) is 0 Å². The Hall–Kier alpha value is -7.16. The highest BCUT2D eigenvalue weighted by Crippen LogP contribution is 2.46. The van der Waals surface area contributed by atoms with Crippen LogP contribution in [0.2, 0.25) is 0 Å². The van der Waals surface area contributed by atoms with Crippen LogP contribution in [0.5, 0.6) is 0 Å². The van der Waals surface area contributed by atoms with Crippen molar-refractivity contribution < 1.29 is 4.42 Å². The van der Waals surface area contributed by atoms with Gasteiger partial charge in [0.25, 0.3) is 0 Å². The fourth-order valence-corrected chi connectivity index (χ4v) is 7.88. The zero-order valence-electron chi connectivity index (χ0n) is 29.6. The van der Waals surface area contributed by atoms with Crippen LogP contribution in [-0.2, 0) is 0 Å². The Morgan fingerprint density at radius 3 is 1.39 bits per heavy atom. The third-order valence-electron chi connectivity index (χ3n) is 10.5. The number of para-hydroxylation sites is 1. The average Bonchev–Trinajstić information content (AvgIpc) is 3.62. The molecule has 10 aromatic rings. The van der Waals surface area contributed by atoms with Crippen LogP contribution in [0.4, 0.5) is 17.1 Å². The Bertz CT molecular complexity index is 2820. The van der Waals surface area contributed by atoms with Gasteiger partial charge in [-0.1, -0.05) is 164 Å². The minimum absolute atomic E-state index is 0.888. The highest BCUT2D eigenvalue weighted by molar-refractivity contribution is 6.16. The van der Waals surface area contributed by atoms with E-state index in [-0.39, 0.29) is 0 Å². The Labute approximate surface area is 314 Å². The van der Waals surface area contributed by atoms with Crippen molar-refractivity contribution in [3.63, 3.8) is 0 Å². The second kappa shape index (κ2) is 13.4. The van der Waals surface area contributed by atoms with E-state index in [0.717, 1.165) is 61.3 Å². The second-order valence-corrected chi connectivity index (χ2v) is 13.7. The van der Waals surface area contributed by atoms with Gasteiger partial charge in [0.15, 0.2) is 0 Å². The predicted octanol–water partition coefficient (Wildman–Crippen LogP) is 14.9. The van der Waals surface area contributed by atoms with Crippen molar-refractivity contribution in [2.24, 2.45) is 0 Å². The van der Waals surface area contributed by atoms with Crippen LogP contribution in [-0.4, -0.2) is 0 Å². The Morgan fingerprint density at radius 2 is 0.778 bits per heavy atom. The van der Waals surface area contributed by atoms with Gasteiger partial charge < -0.3 is 9.32 Å². The fourth-order valence-electron chi connectivity index (χ4n) is 7.88. The molecule has 2 heteroatoms. The molecule has 0 bridgehead atoms. The molecule has 0 radical (unpaired) electrons. The van der Waals surface area contributed by atoms with Crippen LogP contribution in [0.15, 0.2) is 217 Å². The number of hydrogen-bond donors (Lipinski definition) is 0. The van der Waals surface area contributed by atoms with Crippen molar-refractivity contribution in [2.45, 2.75) is 0 Å². The van der Waals surface area contributed by atoms with Crippen molar-refractivity contribution in [3.8, 4) is 44.5 Å². The monoisotopic (exact) mass is 689 g/mol. The largest absolute Gasteiger partial charge is 0.456 e. The van der Waals surface area contributed by atoms with E-state index in [4.69, 9.17) is 4.42 Å². The molecule has 0 fully saturated rings. The van der Waals surface area contributed by atoms with Crippen molar-refractivity contribution in [2.75, 3.05) is 4.90 Å². The molecule has 2 nitrogen and oxygen atoms in total. The SMILES string of the molecule is c1ccc(-c2ccc(N(c3ccc(-c4ccccc4)cc3)c3ccccc3-c3ccccc3-c3cccc4oc5cc6ccccc6cc5c34)cc2)cc1. The summed E-state index contributed by atoms with van der Waals surface area (Å²) in [6.45, 7) is 0. The molecular formula is C52H35NO. The van der Waals surface area contributed by atoms with Crippen LogP contribution < -0.4 is 4.90 Å². The predicted molar refractivity (Wildman–Crippen MR) is 228 cm³/mol. The first kappa shape index (κ1) is 31.6. The van der Waals surface area contributed by atoms with Crippen LogP contribution in [0, 0.1) is 0 Å². The molecule has 1 heterocycles. The van der Waals surface area contributed by atoms with Gasteiger partial charge >= 0.3 is 0 Å². The van der Waals surface area contributed by atoms with Crippen molar-refractivity contribution in [3.05, 3.63) is 212 Å². The Morgan fingerprint density at radius 1 is 0.315 bits per heavy atom. The van der Waals surface area contributed by atoms with E-state index in [1.807, 2.05) is 0 Å². The molecule has 54 heavy (non-hydrogen) atoms. The van der Waals surface area contributed by atoms with Crippen molar-refractivity contribution >= 4 is 49.8 Å². The number of anilines is 3. The molecule has 10 rings (SSSR count). The minimum Gasteiger partial charge on any atom is -0.456 e. The fraction of sp³-hybridized carbons (Fsp3) is 0. The third-order valence-corrected chi connectivity index (χ3v) is 10.5. The summed E-state index contributed by atoms with van der Waals surface area (Å²) in [5.41, 5.74) is 14.4. The normalized spacial score (nSPS) is 11.3. The molecule has 0 N–H and O–H groups in total. The van der Waals surface area contributed by atoms with E-state index in [9.17, 15) is 0 Å². The molecule has 9 aromatic carbocycles. The number of benzene rings is 9. The molecule has 0 amide bonds. The molecule has 254 valence electrons. The molecular weight excluding hydrogens is 655 g/mol. The topological polar surface area (TPSA) is 16.4 Å². The van der Waals surface area contributed by atoms with Crippen LogP contribution >= 0.6 is 0 Å². The van der Waals surface area contributed by atoms with Gasteiger partial charge in [0, 0.05) is 27.7 Å². The number of hydrogen-bond acceptors (Lipinski definition) is 2. The number of nitrogens with zero attached hydrogens (tertiary/aromatic N) is 1. The van der Waals surface area contributed by atoms with Crippen molar-refractivity contribution in [1.82, 2.24) is 0 Å². The minimum atomic E-state index is 0.888. The number of furan rings is 1. The lowest BCUT2D eigenvalue weighted by atomic mass is 9.90. The van der Waals surface area contributed by atoms with E-state index in [0.29, 0.717) is 0 Å². The first-order valence-corrected chi connectivity index (χ1v) is 18.4. The number of fused-ring (bicyclic) bond motifs is 4. The summed E-state index contributed by atoms with van der Waals surface area (Å²) in [4.78, 5) is 2.38. The Balaban J connectivity index is 1.15.